The third kappa shape index (κ3) is 1.62. The maximum Gasteiger partial charge on any atom is 0.314 e. The number of carboxylic acid groups (broad SMARTS) is 1. The molecule has 2 rings (SSSR count). The Hall–Kier alpha value is -1.72. The summed E-state index contributed by atoms with van der Waals surface area (Å²) in [7, 11) is 0. The van der Waals surface area contributed by atoms with Gasteiger partial charge >= 0.3 is 5.97 Å². The molecule has 15 heavy (non-hydrogen) atoms. The number of carbonyl (C=O) groups excluding carboxylic acids is 1. The number of likely N-dealkylation sites (tertiary alicyclic amines) is 1. The Balaban J connectivity index is 2.24. The Morgan fingerprint density at radius 3 is 2.87 bits per heavy atom. The van der Waals surface area contributed by atoms with Crippen LogP contribution in [-0.2, 0) is 9.59 Å². The van der Waals surface area contributed by atoms with E-state index in [2.05, 4.69) is 10.2 Å². The third-order valence-electron chi connectivity index (χ3n) is 2.72. The second-order valence-corrected chi connectivity index (χ2v) is 3.71. The zero-order valence-electron chi connectivity index (χ0n) is 8.25. The largest absolute Gasteiger partial charge is 0.481 e. The molecule has 0 radical (unpaired) electrons. The van der Waals surface area contributed by atoms with Crippen molar-refractivity contribution in [1.82, 2.24) is 4.90 Å². The average molecular weight is 209 g/mol. The molecule has 2 unspecified atom stereocenters. The summed E-state index contributed by atoms with van der Waals surface area (Å²) in [5, 5.41) is 16.5. The predicted octanol–water partition coefficient (Wildman–Crippen LogP) is -0.394. The standard InChI is InChI=1S/C9H11N3O3/c1-5(13)12-3-6-2-10-11-8(6)7(4-12)9(14)15/h2,6-7H,3-4H2,1H3,(H,14,15). The number of hydrogen-bond acceptors (Lipinski definition) is 4. The summed E-state index contributed by atoms with van der Waals surface area (Å²) in [5.41, 5.74) is 0.569. The van der Waals surface area contributed by atoms with Gasteiger partial charge in [-0.05, 0) is 0 Å². The minimum atomic E-state index is -0.949. The van der Waals surface area contributed by atoms with Crippen LogP contribution < -0.4 is 0 Å². The van der Waals surface area contributed by atoms with Gasteiger partial charge in [0.2, 0.25) is 5.91 Å². The first-order valence-electron chi connectivity index (χ1n) is 4.69. The van der Waals surface area contributed by atoms with Gasteiger partial charge in [0.25, 0.3) is 0 Å². The van der Waals surface area contributed by atoms with E-state index in [0.717, 1.165) is 0 Å². The normalized spacial score (nSPS) is 28.6. The Morgan fingerprint density at radius 2 is 2.27 bits per heavy atom. The first-order valence-corrected chi connectivity index (χ1v) is 4.69. The number of rotatable bonds is 1. The summed E-state index contributed by atoms with van der Waals surface area (Å²) in [6.45, 7) is 2.12. The number of carboxylic acids is 1. The molecule has 0 aliphatic carbocycles. The molecule has 1 saturated heterocycles. The lowest BCUT2D eigenvalue weighted by Crippen LogP contribution is -2.50. The quantitative estimate of drug-likeness (QED) is 0.638. The molecule has 1 amide bonds. The summed E-state index contributed by atoms with van der Waals surface area (Å²) in [6, 6.07) is 0. The van der Waals surface area contributed by atoms with Gasteiger partial charge in [0.05, 0.1) is 11.6 Å². The summed E-state index contributed by atoms with van der Waals surface area (Å²) < 4.78 is 0. The average Bonchev–Trinajstić information content (AvgIpc) is 2.62. The Kier molecular flexibility index (Phi) is 2.26. The van der Waals surface area contributed by atoms with Gasteiger partial charge in [-0.15, -0.1) is 0 Å². The highest BCUT2D eigenvalue weighted by Gasteiger charge is 2.39. The van der Waals surface area contributed by atoms with Gasteiger partial charge < -0.3 is 10.0 Å². The molecule has 2 atom stereocenters. The fourth-order valence-corrected chi connectivity index (χ4v) is 1.89. The van der Waals surface area contributed by atoms with Crippen molar-refractivity contribution in [1.29, 1.82) is 0 Å². The molecule has 2 aliphatic rings. The maximum atomic E-state index is 11.2. The van der Waals surface area contributed by atoms with Gasteiger partial charge in [0, 0.05) is 26.2 Å². The van der Waals surface area contributed by atoms with E-state index < -0.39 is 11.9 Å². The number of amides is 1. The number of piperidine rings is 1. The van der Waals surface area contributed by atoms with Gasteiger partial charge in [0.15, 0.2) is 0 Å². The zero-order valence-corrected chi connectivity index (χ0v) is 8.25. The molecular weight excluding hydrogens is 198 g/mol. The fourth-order valence-electron chi connectivity index (χ4n) is 1.89. The number of fused-ring (bicyclic) bond motifs is 1. The number of aliphatic carboxylic acids is 1. The highest BCUT2D eigenvalue weighted by molar-refractivity contribution is 6.12. The number of carbonyl (C=O) groups is 2. The first-order chi connectivity index (χ1) is 7.09. The molecule has 1 fully saturated rings. The molecule has 1 N–H and O–H groups in total. The van der Waals surface area contributed by atoms with E-state index in [9.17, 15) is 9.59 Å². The molecule has 0 aromatic carbocycles. The summed E-state index contributed by atoms with van der Waals surface area (Å²) in [6.07, 6.45) is 1.60. The van der Waals surface area contributed by atoms with E-state index >= 15 is 0 Å². The van der Waals surface area contributed by atoms with Crippen LogP contribution in [0.2, 0.25) is 0 Å². The number of hydrogen-bond donors (Lipinski definition) is 1. The zero-order chi connectivity index (χ0) is 11.0. The van der Waals surface area contributed by atoms with Crippen molar-refractivity contribution in [3.05, 3.63) is 0 Å². The molecule has 2 heterocycles. The lowest BCUT2D eigenvalue weighted by atomic mass is 9.88. The van der Waals surface area contributed by atoms with E-state index in [-0.39, 0.29) is 18.4 Å². The predicted molar refractivity (Wildman–Crippen MR) is 52.8 cm³/mol. The van der Waals surface area contributed by atoms with Crippen molar-refractivity contribution in [2.75, 3.05) is 13.1 Å². The molecule has 80 valence electrons. The van der Waals surface area contributed by atoms with Crippen LogP contribution in [0.15, 0.2) is 10.2 Å². The van der Waals surface area contributed by atoms with E-state index in [1.807, 2.05) is 0 Å². The van der Waals surface area contributed by atoms with Crippen LogP contribution in [0.25, 0.3) is 0 Å². The monoisotopic (exact) mass is 209 g/mol. The van der Waals surface area contributed by atoms with E-state index in [0.29, 0.717) is 12.3 Å². The van der Waals surface area contributed by atoms with E-state index in [1.165, 1.54) is 11.8 Å². The van der Waals surface area contributed by atoms with E-state index in [4.69, 9.17) is 5.11 Å². The Bertz CT molecular complexity index is 375. The lowest BCUT2D eigenvalue weighted by Gasteiger charge is -2.33. The molecule has 0 bridgehead atoms. The molecular formula is C9H11N3O3. The Morgan fingerprint density at radius 1 is 1.53 bits per heavy atom. The van der Waals surface area contributed by atoms with Crippen molar-refractivity contribution >= 4 is 23.8 Å². The van der Waals surface area contributed by atoms with Crippen LogP contribution in [0, 0.1) is 11.8 Å². The van der Waals surface area contributed by atoms with Crippen molar-refractivity contribution < 1.29 is 14.7 Å². The van der Waals surface area contributed by atoms with Gasteiger partial charge in [-0.25, -0.2) is 0 Å². The highest BCUT2D eigenvalue weighted by atomic mass is 16.4. The van der Waals surface area contributed by atoms with Crippen molar-refractivity contribution in [2.24, 2.45) is 22.0 Å². The van der Waals surface area contributed by atoms with Crippen LogP contribution in [0.1, 0.15) is 6.92 Å². The molecule has 0 spiro atoms. The minimum absolute atomic E-state index is 0.111. The van der Waals surface area contributed by atoms with E-state index in [1.54, 1.807) is 6.21 Å². The van der Waals surface area contributed by atoms with Crippen LogP contribution in [0.4, 0.5) is 0 Å². The summed E-state index contributed by atoms with van der Waals surface area (Å²) in [5.74, 6) is -1.89. The topological polar surface area (TPSA) is 82.3 Å². The van der Waals surface area contributed by atoms with Gasteiger partial charge in [-0.2, -0.15) is 10.2 Å². The van der Waals surface area contributed by atoms with Gasteiger partial charge in [-0.3, -0.25) is 9.59 Å². The fraction of sp³-hybridized carbons (Fsp3) is 0.556. The molecule has 0 aromatic rings. The molecule has 0 aromatic heterocycles. The summed E-state index contributed by atoms with van der Waals surface area (Å²) >= 11 is 0. The van der Waals surface area contributed by atoms with Gasteiger partial charge in [0.1, 0.15) is 5.92 Å². The van der Waals surface area contributed by atoms with Crippen molar-refractivity contribution in [3.8, 4) is 0 Å². The Labute approximate surface area is 86.3 Å². The number of nitrogens with zero attached hydrogens (tertiary/aromatic N) is 3. The minimum Gasteiger partial charge on any atom is -0.481 e. The SMILES string of the molecule is CC(=O)N1CC2C=NN=C2C(C(=O)O)C1. The molecule has 6 heteroatoms. The van der Waals surface area contributed by atoms with Crippen LogP contribution in [0.5, 0.6) is 0 Å². The highest BCUT2D eigenvalue weighted by Crippen LogP contribution is 2.22. The molecule has 6 nitrogen and oxygen atoms in total. The van der Waals surface area contributed by atoms with Crippen molar-refractivity contribution in [2.45, 2.75) is 6.92 Å². The smallest absolute Gasteiger partial charge is 0.314 e. The summed E-state index contributed by atoms with van der Waals surface area (Å²) in [4.78, 5) is 23.7. The van der Waals surface area contributed by atoms with Gasteiger partial charge in [-0.1, -0.05) is 0 Å². The molecule has 0 saturated carbocycles. The lowest BCUT2D eigenvalue weighted by molar-refractivity contribution is -0.141. The third-order valence-corrected chi connectivity index (χ3v) is 2.72. The van der Waals surface area contributed by atoms with Crippen molar-refractivity contribution in [3.63, 3.8) is 0 Å². The van der Waals surface area contributed by atoms with Crippen LogP contribution in [-0.4, -0.2) is 46.9 Å². The van der Waals surface area contributed by atoms with Crippen LogP contribution in [0.3, 0.4) is 0 Å². The second-order valence-electron chi connectivity index (χ2n) is 3.71. The second kappa shape index (κ2) is 3.45. The molecule has 2 aliphatic heterocycles. The maximum absolute atomic E-state index is 11.2. The first kappa shape index (κ1) is 9.82. The van der Waals surface area contributed by atoms with Crippen LogP contribution >= 0.6 is 0 Å².